The summed E-state index contributed by atoms with van der Waals surface area (Å²) in [5, 5.41) is 70.4. The number of phenolic OH excluding ortho intramolecular Hbond substituents is 7. The topological polar surface area (TPSA) is 160 Å². The number of hydrogen-bond acceptors (Lipinski definition) is 9. The van der Waals surface area contributed by atoms with Crippen molar-refractivity contribution in [3.05, 3.63) is 17.4 Å². The highest BCUT2D eigenvalue weighted by molar-refractivity contribution is 6.07. The van der Waals surface area contributed by atoms with Crippen molar-refractivity contribution >= 4 is 10.8 Å². The van der Waals surface area contributed by atoms with Gasteiger partial charge in [-0.15, -0.1) is 0 Å². The Kier molecular flexibility index (Phi) is 3.59. The second-order valence-electron chi connectivity index (χ2n) is 8.36. The number of benzene rings is 2. The monoisotopic (exact) mass is 406 g/mol. The van der Waals surface area contributed by atoms with Gasteiger partial charge in [0.25, 0.3) is 0 Å². The molecular formula is C20H22O9. The lowest BCUT2D eigenvalue weighted by molar-refractivity contribution is -0.243. The summed E-state index contributed by atoms with van der Waals surface area (Å²) in [5.74, 6) is -6.72. The van der Waals surface area contributed by atoms with E-state index in [4.69, 9.17) is 9.47 Å². The molecule has 2 unspecified atom stereocenters. The van der Waals surface area contributed by atoms with E-state index in [0.717, 1.165) is 0 Å². The van der Waals surface area contributed by atoms with Crippen LogP contribution in [-0.4, -0.2) is 53.1 Å². The zero-order chi connectivity index (χ0) is 21.6. The molecule has 1 aliphatic carbocycles. The Morgan fingerprint density at radius 2 is 1.14 bits per heavy atom. The first kappa shape index (κ1) is 19.1. The van der Waals surface area contributed by atoms with Crippen LogP contribution in [0.5, 0.6) is 40.2 Å². The molecule has 9 nitrogen and oxygen atoms in total. The maximum Gasteiger partial charge on any atom is 0.205 e. The molecule has 0 bridgehead atoms. The van der Waals surface area contributed by atoms with Crippen LogP contribution in [0.2, 0.25) is 0 Å². The molecule has 9 heteroatoms. The Bertz CT molecular complexity index is 1100. The zero-order valence-corrected chi connectivity index (χ0v) is 16.2. The number of phenols is 7. The van der Waals surface area contributed by atoms with Gasteiger partial charge < -0.3 is 45.2 Å². The van der Waals surface area contributed by atoms with Gasteiger partial charge in [-0.1, -0.05) is 0 Å². The molecule has 2 aliphatic rings. The Morgan fingerprint density at radius 1 is 0.655 bits per heavy atom. The van der Waals surface area contributed by atoms with Crippen molar-refractivity contribution in [3.63, 3.8) is 0 Å². The van der Waals surface area contributed by atoms with Crippen LogP contribution in [0.3, 0.4) is 0 Å². The van der Waals surface area contributed by atoms with Crippen LogP contribution in [-0.2, 0) is 9.47 Å². The van der Waals surface area contributed by atoms with Gasteiger partial charge in [0.05, 0.1) is 16.3 Å². The summed E-state index contributed by atoms with van der Waals surface area (Å²) in [4.78, 5) is 0. The van der Waals surface area contributed by atoms with Gasteiger partial charge in [-0.05, 0) is 33.8 Å². The van der Waals surface area contributed by atoms with Crippen LogP contribution in [0, 0.1) is 0 Å². The van der Waals surface area contributed by atoms with E-state index in [0.29, 0.717) is 5.76 Å². The van der Waals surface area contributed by atoms with E-state index in [1.54, 1.807) is 6.08 Å². The summed E-state index contributed by atoms with van der Waals surface area (Å²) in [6.07, 6.45) is 0.923. The number of rotatable bonds is 1. The number of aromatic hydroxyl groups is 7. The molecule has 1 aliphatic heterocycles. The average molecular weight is 406 g/mol. The molecule has 1 fully saturated rings. The predicted molar refractivity (Wildman–Crippen MR) is 101 cm³/mol. The zero-order valence-electron chi connectivity index (χ0n) is 16.2. The molecule has 156 valence electrons. The molecule has 0 aromatic heterocycles. The predicted octanol–water partition coefficient (Wildman–Crippen LogP) is 2.73. The van der Waals surface area contributed by atoms with E-state index in [1.807, 2.05) is 27.7 Å². The fourth-order valence-corrected chi connectivity index (χ4v) is 3.72. The average Bonchev–Trinajstić information content (AvgIpc) is 2.63. The van der Waals surface area contributed by atoms with Crippen molar-refractivity contribution in [2.75, 3.05) is 0 Å². The maximum atomic E-state index is 10.8. The molecule has 0 spiro atoms. The molecular weight excluding hydrogens is 384 g/mol. The fraction of sp³-hybridized carbons (Fsp3) is 0.400. The van der Waals surface area contributed by atoms with E-state index in [-0.39, 0.29) is 5.56 Å². The van der Waals surface area contributed by atoms with E-state index < -0.39 is 74.2 Å². The van der Waals surface area contributed by atoms with E-state index in [9.17, 15) is 35.7 Å². The van der Waals surface area contributed by atoms with Gasteiger partial charge in [0.1, 0.15) is 28.8 Å². The smallest absolute Gasteiger partial charge is 0.205 e. The minimum absolute atomic E-state index is 0.178. The molecule has 0 saturated carbocycles. The Hall–Kier alpha value is -3.20. The lowest BCUT2D eigenvalue weighted by atomic mass is 9.77. The van der Waals surface area contributed by atoms with Gasteiger partial charge in [0.15, 0.2) is 23.0 Å². The Labute approximate surface area is 165 Å². The summed E-state index contributed by atoms with van der Waals surface area (Å²) < 4.78 is 12.1. The molecule has 0 radical (unpaired) electrons. The summed E-state index contributed by atoms with van der Waals surface area (Å²) in [6.45, 7) is 7.40. The summed E-state index contributed by atoms with van der Waals surface area (Å²) in [6, 6.07) is 0. The molecule has 2 aromatic carbocycles. The molecule has 1 saturated heterocycles. The van der Waals surface area contributed by atoms with Gasteiger partial charge in [-0.2, -0.15) is 0 Å². The molecule has 29 heavy (non-hydrogen) atoms. The molecule has 2 atom stereocenters. The molecule has 4 rings (SSSR count). The van der Waals surface area contributed by atoms with E-state index in [1.165, 1.54) is 0 Å². The summed E-state index contributed by atoms with van der Waals surface area (Å²) in [7, 11) is 0. The Morgan fingerprint density at radius 3 is 1.69 bits per heavy atom. The van der Waals surface area contributed by atoms with Gasteiger partial charge in [0, 0.05) is 5.92 Å². The standard InChI is InChI=1S/C20H22O9/c1-19(2)20(3,4)29-18-6(5-7(18)28-19)8-11(21)9-10(13(23)12(8)22)15(25)17(27)16(26)14(9)24/h5-6,18,21-27H,1-4H3. The number of fused-ring (bicyclic) bond motifs is 2. The van der Waals surface area contributed by atoms with Crippen molar-refractivity contribution in [3.8, 4) is 40.2 Å². The van der Waals surface area contributed by atoms with Crippen molar-refractivity contribution in [1.29, 1.82) is 0 Å². The normalized spacial score (nSPS) is 24.3. The first-order valence-electron chi connectivity index (χ1n) is 8.95. The van der Waals surface area contributed by atoms with Crippen LogP contribution in [0.1, 0.15) is 39.2 Å². The SMILES string of the molecule is CC1(C)OC2=CC(c3c(O)c(O)c4c(O)c(O)c(O)c(O)c4c3O)C2OC1(C)C. The van der Waals surface area contributed by atoms with E-state index in [2.05, 4.69) is 0 Å². The van der Waals surface area contributed by atoms with Crippen LogP contribution in [0.15, 0.2) is 11.8 Å². The third kappa shape index (κ3) is 2.24. The maximum absolute atomic E-state index is 10.8. The number of ether oxygens (including phenoxy) is 2. The van der Waals surface area contributed by atoms with Gasteiger partial charge >= 0.3 is 0 Å². The highest BCUT2D eigenvalue weighted by Gasteiger charge is 2.54. The third-order valence-corrected chi connectivity index (χ3v) is 6.13. The second-order valence-corrected chi connectivity index (χ2v) is 8.36. The van der Waals surface area contributed by atoms with Crippen LogP contribution < -0.4 is 0 Å². The van der Waals surface area contributed by atoms with Crippen molar-refractivity contribution in [1.82, 2.24) is 0 Å². The second kappa shape index (κ2) is 5.44. The van der Waals surface area contributed by atoms with E-state index >= 15 is 0 Å². The minimum Gasteiger partial charge on any atom is -0.507 e. The molecule has 7 N–H and O–H groups in total. The largest absolute Gasteiger partial charge is 0.507 e. The molecule has 0 amide bonds. The first-order valence-corrected chi connectivity index (χ1v) is 8.95. The quantitative estimate of drug-likeness (QED) is 0.279. The van der Waals surface area contributed by atoms with Crippen LogP contribution >= 0.6 is 0 Å². The number of hydrogen-bond donors (Lipinski definition) is 7. The summed E-state index contributed by atoms with van der Waals surface area (Å²) in [5.41, 5.74) is -1.53. The molecule has 1 heterocycles. The van der Waals surface area contributed by atoms with Crippen molar-refractivity contribution < 1.29 is 45.2 Å². The van der Waals surface area contributed by atoms with Gasteiger partial charge in [0.2, 0.25) is 11.5 Å². The fourth-order valence-electron chi connectivity index (χ4n) is 3.72. The lowest BCUT2D eigenvalue weighted by Crippen LogP contribution is -2.59. The third-order valence-electron chi connectivity index (χ3n) is 6.13. The van der Waals surface area contributed by atoms with Crippen molar-refractivity contribution in [2.24, 2.45) is 0 Å². The van der Waals surface area contributed by atoms with Crippen LogP contribution in [0.4, 0.5) is 0 Å². The summed E-state index contributed by atoms with van der Waals surface area (Å²) >= 11 is 0. The first-order chi connectivity index (χ1) is 13.3. The van der Waals surface area contributed by atoms with Crippen LogP contribution in [0.25, 0.3) is 10.8 Å². The highest BCUT2D eigenvalue weighted by atomic mass is 16.6. The minimum atomic E-state index is -1.10. The highest BCUT2D eigenvalue weighted by Crippen LogP contribution is 2.61. The van der Waals surface area contributed by atoms with Crippen molar-refractivity contribution in [2.45, 2.75) is 50.9 Å². The van der Waals surface area contributed by atoms with Gasteiger partial charge in [-0.3, -0.25) is 0 Å². The lowest BCUT2D eigenvalue weighted by Gasteiger charge is -2.54. The Balaban J connectivity index is 1.95. The van der Waals surface area contributed by atoms with Gasteiger partial charge in [-0.25, -0.2) is 0 Å². The molecule has 2 aromatic rings.